The first kappa shape index (κ1) is 38.7. The van der Waals surface area contributed by atoms with E-state index >= 15 is 0 Å². The Hall–Kier alpha value is -7.17. The minimum absolute atomic E-state index is 0.0752. The molecule has 0 N–H and O–H groups in total. The number of thiophene rings is 2. The van der Waals surface area contributed by atoms with Crippen LogP contribution in [0.25, 0.3) is 86.3 Å². The second-order valence-electron chi connectivity index (χ2n) is 16.7. The molecule has 0 fully saturated rings. The van der Waals surface area contributed by atoms with Crippen molar-refractivity contribution in [2.24, 2.45) is 0 Å². The van der Waals surface area contributed by atoms with Gasteiger partial charge in [0.05, 0.1) is 0 Å². The van der Waals surface area contributed by atoms with Crippen LogP contribution >= 0.6 is 22.7 Å². The largest absolute Gasteiger partial charge is 0.289 e. The number of rotatable bonds is 8. The predicted octanol–water partition coefficient (Wildman–Crippen LogP) is 17.0. The summed E-state index contributed by atoms with van der Waals surface area (Å²) in [6.07, 6.45) is 0. The Morgan fingerprint density at radius 3 is 0.841 bits per heavy atom. The van der Waals surface area contributed by atoms with Gasteiger partial charge in [-0.05, 0) is 67.8 Å². The van der Waals surface area contributed by atoms with Gasteiger partial charge in [-0.1, -0.05) is 220 Å². The van der Waals surface area contributed by atoms with E-state index < -0.39 is 5.41 Å². The zero-order valence-electron chi connectivity index (χ0n) is 35.0. The zero-order chi connectivity index (χ0) is 42.5. The molecule has 0 saturated heterocycles. The molecule has 300 valence electrons. The molecule has 0 atom stereocenters. The Bertz CT molecular complexity index is 3050. The van der Waals surface area contributed by atoms with Crippen LogP contribution in [0, 0.1) is 0 Å². The molecule has 0 unspecified atom stereocenters. The van der Waals surface area contributed by atoms with Gasteiger partial charge >= 0.3 is 0 Å². The molecule has 2 aromatic heterocycles. The van der Waals surface area contributed by atoms with E-state index in [-0.39, 0.29) is 5.78 Å². The summed E-state index contributed by atoms with van der Waals surface area (Å²) in [5.74, 6) is 0.0752. The van der Waals surface area contributed by atoms with Crippen LogP contribution in [0.15, 0.2) is 218 Å². The summed E-state index contributed by atoms with van der Waals surface area (Å²) in [4.78, 5) is 19.6. The zero-order valence-corrected chi connectivity index (χ0v) is 36.6. The van der Waals surface area contributed by atoms with Gasteiger partial charge in [0.2, 0.25) is 0 Å². The molecule has 8 aromatic carbocycles. The number of benzene rings is 8. The Morgan fingerprint density at radius 1 is 0.302 bits per heavy atom. The number of hydrogen-bond acceptors (Lipinski definition) is 3. The van der Waals surface area contributed by atoms with E-state index in [9.17, 15) is 4.79 Å². The average molecular weight is 843 g/mol. The topological polar surface area (TPSA) is 17.1 Å². The maximum absolute atomic E-state index is 14.7. The summed E-state index contributed by atoms with van der Waals surface area (Å²) < 4.78 is 0. The van der Waals surface area contributed by atoms with E-state index in [1.165, 1.54) is 75.1 Å². The molecular weight excluding hydrogens is 801 g/mol. The van der Waals surface area contributed by atoms with Crippen molar-refractivity contribution in [3.8, 4) is 86.3 Å². The van der Waals surface area contributed by atoms with Gasteiger partial charge < -0.3 is 0 Å². The normalized spacial score (nSPS) is 12.8. The lowest BCUT2D eigenvalue weighted by atomic mass is 9.67. The summed E-state index contributed by atoms with van der Waals surface area (Å²) >= 11 is 3.67. The van der Waals surface area contributed by atoms with Crippen LogP contribution in [0.2, 0.25) is 0 Å². The molecular formula is C60H42OS2. The Balaban J connectivity index is 1.11. The van der Waals surface area contributed by atoms with Crippen LogP contribution in [0.3, 0.4) is 0 Å². The lowest BCUT2D eigenvalue weighted by Gasteiger charge is -2.35. The van der Waals surface area contributed by atoms with Gasteiger partial charge in [-0.25, -0.2) is 0 Å². The summed E-state index contributed by atoms with van der Waals surface area (Å²) in [6.45, 7) is 4.58. The Kier molecular flexibility index (Phi) is 9.80. The van der Waals surface area contributed by atoms with Gasteiger partial charge in [0.25, 0.3) is 0 Å². The highest BCUT2D eigenvalue weighted by Crippen LogP contribution is 2.55. The fourth-order valence-electron chi connectivity index (χ4n) is 9.47. The summed E-state index contributed by atoms with van der Waals surface area (Å²) in [6, 6.07) is 77.7. The van der Waals surface area contributed by atoms with E-state index in [1.54, 1.807) is 0 Å². The number of fused-ring (bicyclic) bond motifs is 2. The number of carbonyl (C=O) groups excluding carboxylic acids is 1. The third-order valence-electron chi connectivity index (χ3n) is 12.5. The smallest absolute Gasteiger partial charge is 0.193 e. The molecule has 0 radical (unpaired) electrons. The standard InChI is InChI=1S/C60H42OS2/c1-60(2)49-37-45(58-53(41-25-13-5-14-26-41)51(39-21-9-3-10-22-39)56(62-58)43-29-17-7-18-30-43)33-35-47(49)55(61)48-36-34-46(38-50(48)60)59-54(42-27-15-6-16-28-42)52(40-23-11-4-12-24-40)57(63-59)44-31-19-8-20-32-44/h3-38H,1-2H3. The molecule has 1 aliphatic carbocycles. The second kappa shape index (κ2) is 15.9. The SMILES string of the molecule is CC1(C)c2cc(-c3sc(-c4ccccc4)c(-c4ccccc4)c3-c3ccccc3)ccc2C(=O)c2ccc(-c3sc(-c4ccccc4)c(-c4ccccc4)c3-c3ccccc3)cc21. The van der Waals surface area contributed by atoms with Crippen LogP contribution in [-0.4, -0.2) is 5.78 Å². The molecule has 63 heavy (non-hydrogen) atoms. The summed E-state index contributed by atoms with van der Waals surface area (Å²) in [7, 11) is 0. The molecule has 2 heterocycles. The van der Waals surface area contributed by atoms with Crippen molar-refractivity contribution >= 4 is 28.5 Å². The van der Waals surface area contributed by atoms with Crippen molar-refractivity contribution in [2.45, 2.75) is 19.3 Å². The third kappa shape index (κ3) is 6.73. The van der Waals surface area contributed by atoms with Crippen LogP contribution in [0.5, 0.6) is 0 Å². The van der Waals surface area contributed by atoms with Gasteiger partial charge in [0, 0.05) is 58.3 Å². The fourth-order valence-corrected chi connectivity index (χ4v) is 12.2. The van der Waals surface area contributed by atoms with Crippen LogP contribution < -0.4 is 0 Å². The highest BCUT2D eigenvalue weighted by molar-refractivity contribution is 7.20. The third-order valence-corrected chi connectivity index (χ3v) is 15.1. The highest BCUT2D eigenvalue weighted by Gasteiger charge is 2.38. The second-order valence-corrected chi connectivity index (χ2v) is 18.7. The summed E-state index contributed by atoms with van der Waals surface area (Å²) in [5.41, 5.74) is 17.3. The Labute approximate surface area is 377 Å². The molecule has 3 heteroatoms. The molecule has 0 spiro atoms. The fraction of sp³-hybridized carbons (Fsp3) is 0.0500. The average Bonchev–Trinajstić information content (AvgIpc) is 3.96. The van der Waals surface area contributed by atoms with Crippen LogP contribution in [0.1, 0.15) is 40.9 Å². The number of hydrogen-bond donors (Lipinski definition) is 0. The molecule has 11 rings (SSSR count). The predicted molar refractivity (Wildman–Crippen MR) is 268 cm³/mol. The first-order valence-corrected chi connectivity index (χ1v) is 23.1. The molecule has 0 bridgehead atoms. The monoisotopic (exact) mass is 842 g/mol. The van der Waals surface area contributed by atoms with Gasteiger partial charge in [-0.3, -0.25) is 4.79 Å². The van der Waals surface area contributed by atoms with Crippen molar-refractivity contribution < 1.29 is 4.79 Å². The van der Waals surface area contributed by atoms with E-state index in [1.807, 2.05) is 22.7 Å². The van der Waals surface area contributed by atoms with Crippen molar-refractivity contribution in [3.63, 3.8) is 0 Å². The Morgan fingerprint density at radius 2 is 0.556 bits per heavy atom. The van der Waals surface area contributed by atoms with Gasteiger partial charge in [0.15, 0.2) is 5.78 Å². The van der Waals surface area contributed by atoms with Gasteiger partial charge in [-0.15, -0.1) is 22.7 Å². The van der Waals surface area contributed by atoms with Crippen molar-refractivity contribution in [1.82, 2.24) is 0 Å². The first-order valence-electron chi connectivity index (χ1n) is 21.5. The molecule has 1 aliphatic rings. The first-order chi connectivity index (χ1) is 31.0. The van der Waals surface area contributed by atoms with E-state index in [2.05, 4.69) is 232 Å². The minimum Gasteiger partial charge on any atom is -0.289 e. The maximum Gasteiger partial charge on any atom is 0.193 e. The van der Waals surface area contributed by atoms with E-state index in [0.29, 0.717) is 0 Å². The van der Waals surface area contributed by atoms with Gasteiger partial charge in [0.1, 0.15) is 0 Å². The molecule has 0 aliphatic heterocycles. The van der Waals surface area contributed by atoms with E-state index in [4.69, 9.17) is 0 Å². The van der Waals surface area contributed by atoms with Crippen molar-refractivity contribution in [2.75, 3.05) is 0 Å². The van der Waals surface area contributed by atoms with E-state index in [0.717, 1.165) is 33.4 Å². The molecule has 0 saturated carbocycles. The van der Waals surface area contributed by atoms with Crippen LogP contribution in [0.4, 0.5) is 0 Å². The highest BCUT2D eigenvalue weighted by atomic mass is 32.1. The lowest BCUT2D eigenvalue weighted by molar-refractivity contribution is 0.103. The van der Waals surface area contributed by atoms with Gasteiger partial charge in [-0.2, -0.15) is 0 Å². The van der Waals surface area contributed by atoms with Crippen LogP contribution in [-0.2, 0) is 5.41 Å². The molecule has 10 aromatic rings. The van der Waals surface area contributed by atoms with Crippen molar-refractivity contribution in [3.05, 3.63) is 241 Å². The molecule has 1 nitrogen and oxygen atoms in total. The van der Waals surface area contributed by atoms with Crippen molar-refractivity contribution in [1.29, 1.82) is 0 Å². The summed E-state index contributed by atoms with van der Waals surface area (Å²) in [5, 5.41) is 0. The minimum atomic E-state index is -0.478. The number of ketones is 1. The molecule has 0 amide bonds. The lowest BCUT2D eigenvalue weighted by Crippen LogP contribution is -2.30. The number of carbonyl (C=O) groups is 1. The maximum atomic E-state index is 14.7. The quantitative estimate of drug-likeness (QED) is 0.149.